The number of carbonyl (C=O) groups is 1. The van der Waals surface area contributed by atoms with E-state index in [4.69, 9.17) is 4.74 Å². The molecule has 0 spiro atoms. The van der Waals surface area contributed by atoms with Gasteiger partial charge in [0.15, 0.2) is 11.9 Å². The van der Waals surface area contributed by atoms with Gasteiger partial charge >= 0.3 is 0 Å². The molecule has 1 fully saturated rings. The molecule has 2 N–H and O–H groups in total. The second-order valence-electron chi connectivity index (χ2n) is 3.57. The van der Waals surface area contributed by atoms with Crippen molar-refractivity contribution in [3.8, 4) is 5.75 Å². The van der Waals surface area contributed by atoms with Gasteiger partial charge in [-0.25, -0.2) is 0 Å². The molecule has 3 rings (SSSR count). The number of hydrogen-bond acceptors (Lipinski definition) is 4. The third-order valence-corrected chi connectivity index (χ3v) is 2.73. The van der Waals surface area contributed by atoms with Gasteiger partial charge in [0.1, 0.15) is 18.0 Å². The van der Waals surface area contributed by atoms with Crippen molar-refractivity contribution in [1.82, 2.24) is 0 Å². The van der Waals surface area contributed by atoms with Gasteiger partial charge in [-0.05, 0) is 11.6 Å². The van der Waals surface area contributed by atoms with Crippen LogP contribution < -0.4 is 0 Å². The van der Waals surface area contributed by atoms with Crippen molar-refractivity contribution in [2.24, 2.45) is 0 Å². The maximum absolute atomic E-state index is 11.6. The van der Waals surface area contributed by atoms with E-state index in [1.807, 2.05) is 0 Å². The lowest BCUT2D eigenvalue weighted by molar-refractivity contribution is 0.0938. The summed E-state index contributed by atoms with van der Waals surface area (Å²) in [7, 11) is 0. The first kappa shape index (κ1) is 7.96. The van der Waals surface area contributed by atoms with Crippen molar-refractivity contribution < 1.29 is 19.7 Å². The number of fused-ring (bicyclic) bond motifs is 2. The highest BCUT2D eigenvalue weighted by molar-refractivity contribution is 6.06. The normalized spacial score (nSPS) is 33.5. The van der Waals surface area contributed by atoms with Crippen LogP contribution in [0.15, 0.2) is 18.2 Å². The summed E-state index contributed by atoms with van der Waals surface area (Å²) in [6.07, 6.45) is -1.75. The highest BCUT2D eigenvalue weighted by Gasteiger charge is 2.55. The second-order valence-corrected chi connectivity index (χ2v) is 3.57. The molecular weight excluding hydrogens is 184 g/mol. The van der Waals surface area contributed by atoms with E-state index in [1.165, 1.54) is 6.07 Å². The molecule has 2 aliphatic rings. The Kier molecular flexibility index (Phi) is 1.33. The molecule has 1 saturated heterocycles. The van der Waals surface area contributed by atoms with E-state index < -0.39 is 18.3 Å². The Balaban J connectivity index is 2.24. The Morgan fingerprint density at radius 2 is 2.14 bits per heavy atom. The molecule has 0 bridgehead atoms. The Morgan fingerprint density at radius 3 is 2.93 bits per heavy atom. The molecule has 1 aliphatic carbocycles. The average Bonchev–Trinajstić information content (AvgIpc) is 2.93. The summed E-state index contributed by atoms with van der Waals surface area (Å²) >= 11 is 0. The highest BCUT2D eigenvalue weighted by Crippen LogP contribution is 2.45. The predicted octanol–water partition coefficient (Wildman–Crippen LogP) is 0.389. The first-order valence-corrected chi connectivity index (χ1v) is 4.40. The molecule has 4 heteroatoms. The molecule has 3 unspecified atom stereocenters. The fourth-order valence-electron chi connectivity index (χ4n) is 1.97. The lowest BCUT2D eigenvalue weighted by Crippen LogP contribution is -2.24. The number of rotatable bonds is 0. The van der Waals surface area contributed by atoms with Gasteiger partial charge in [-0.2, -0.15) is 0 Å². The number of aromatic hydroxyl groups is 1. The van der Waals surface area contributed by atoms with Gasteiger partial charge in [0.25, 0.3) is 0 Å². The number of Topliss-reactive ketones (excluding diaryl/α,β-unsaturated/α-hetero) is 1. The van der Waals surface area contributed by atoms with Crippen molar-refractivity contribution in [2.45, 2.75) is 18.3 Å². The van der Waals surface area contributed by atoms with Crippen molar-refractivity contribution in [3.05, 3.63) is 29.3 Å². The minimum Gasteiger partial charge on any atom is -0.507 e. The number of benzene rings is 1. The number of carbonyl (C=O) groups excluding carboxylic acids is 1. The van der Waals surface area contributed by atoms with Crippen molar-refractivity contribution in [1.29, 1.82) is 0 Å². The fraction of sp³-hybridized carbons (Fsp3) is 0.300. The van der Waals surface area contributed by atoms with Crippen LogP contribution in [0.2, 0.25) is 0 Å². The highest BCUT2D eigenvalue weighted by atomic mass is 16.6. The minimum atomic E-state index is -0.792. The number of epoxide rings is 1. The number of aliphatic hydroxyl groups is 1. The first-order chi connectivity index (χ1) is 6.70. The molecule has 1 aromatic carbocycles. The molecule has 0 radical (unpaired) electrons. The van der Waals surface area contributed by atoms with Gasteiger partial charge in [0.2, 0.25) is 0 Å². The Hall–Kier alpha value is -1.39. The van der Waals surface area contributed by atoms with Crippen LogP contribution in [0.25, 0.3) is 0 Å². The molecule has 14 heavy (non-hydrogen) atoms. The van der Waals surface area contributed by atoms with Crippen LogP contribution in [0, 0.1) is 0 Å². The topological polar surface area (TPSA) is 70.1 Å². The Bertz CT molecular complexity index is 426. The number of ether oxygens (including phenoxy) is 1. The summed E-state index contributed by atoms with van der Waals surface area (Å²) in [5.41, 5.74) is 0.674. The van der Waals surface area contributed by atoms with Crippen LogP contribution in [-0.4, -0.2) is 28.2 Å². The molecule has 1 aromatic rings. The Labute approximate surface area is 79.7 Å². The third-order valence-electron chi connectivity index (χ3n) is 2.73. The molecule has 4 nitrogen and oxygen atoms in total. The number of phenolic OH excluding ortho intramolecular Hbond substituents is 1. The van der Waals surface area contributed by atoms with E-state index in [9.17, 15) is 15.0 Å². The first-order valence-electron chi connectivity index (χ1n) is 4.40. The number of aliphatic hydroxyl groups excluding tert-OH is 1. The van der Waals surface area contributed by atoms with Crippen LogP contribution >= 0.6 is 0 Å². The molecule has 3 atom stereocenters. The van der Waals surface area contributed by atoms with Crippen molar-refractivity contribution >= 4 is 5.78 Å². The maximum atomic E-state index is 11.6. The van der Waals surface area contributed by atoms with E-state index in [2.05, 4.69) is 0 Å². The largest absolute Gasteiger partial charge is 0.507 e. The molecule has 0 amide bonds. The van der Waals surface area contributed by atoms with Crippen LogP contribution in [0.5, 0.6) is 5.75 Å². The quantitative estimate of drug-likeness (QED) is 0.583. The third kappa shape index (κ3) is 0.818. The van der Waals surface area contributed by atoms with E-state index in [0.717, 1.165) is 0 Å². The fourth-order valence-corrected chi connectivity index (χ4v) is 1.97. The lowest BCUT2D eigenvalue weighted by Gasteiger charge is -2.17. The predicted molar refractivity (Wildman–Crippen MR) is 46.1 cm³/mol. The SMILES string of the molecule is O=C1c2c(O)cccc2C(O)C2OC12. The average molecular weight is 192 g/mol. The smallest absolute Gasteiger partial charge is 0.198 e. The van der Waals surface area contributed by atoms with Crippen LogP contribution in [0.4, 0.5) is 0 Å². The van der Waals surface area contributed by atoms with Gasteiger partial charge in [-0.1, -0.05) is 12.1 Å². The van der Waals surface area contributed by atoms with Crippen molar-refractivity contribution in [3.63, 3.8) is 0 Å². The standard InChI is InChI=1S/C10H8O4/c11-5-3-1-2-4-6(5)8(13)10-9(14-10)7(4)12/h1-3,7,9-12H. The van der Waals surface area contributed by atoms with E-state index in [1.54, 1.807) is 12.1 Å². The monoisotopic (exact) mass is 192 g/mol. The van der Waals surface area contributed by atoms with Gasteiger partial charge in [0.05, 0.1) is 5.56 Å². The van der Waals surface area contributed by atoms with Gasteiger partial charge in [0, 0.05) is 0 Å². The molecular formula is C10H8O4. The van der Waals surface area contributed by atoms with Crippen LogP contribution in [-0.2, 0) is 4.74 Å². The van der Waals surface area contributed by atoms with Gasteiger partial charge < -0.3 is 14.9 Å². The van der Waals surface area contributed by atoms with Crippen LogP contribution in [0.1, 0.15) is 22.0 Å². The lowest BCUT2D eigenvalue weighted by atomic mass is 9.88. The van der Waals surface area contributed by atoms with E-state index in [0.29, 0.717) is 5.56 Å². The molecule has 1 aliphatic heterocycles. The van der Waals surface area contributed by atoms with E-state index in [-0.39, 0.29) is 17.1 Å². The van der Waals surface area contributed by atoms with Gasteiger partial charge in [-0.3, -0.25) is 4.79 Å². The number of ketones is 1. The number of hydrogen-bond donors (Lipinski definition) is 2. The molecule has 0 aromatic heterocycles. The summed E-state index contributed by atoms with van der Waals surface area (Å²) in [6, 6.07) is 4.68. The zero-order valence-electron chi connectivity index (χ0n) is 7.18. The molecule has 72 valence electrons. The van der Waals surface area contributed by atoms with Gasteiger partial charge in [-0.15, -0.1) is 0 Å². The summed E-state index contributed by atoms with van der Waals surface area (Å²) in [5.74, 6) is -0.311. The zero-order valence-corrected chi connectivity index (χ0v) is 7.18. The molecule has 0 saturated carbocycles. The Morgan fingerprint density at radius 1 is 1.36 bits per heavy atom. The summed E-state index contributed by atoms with van der Waals surface area (Å²) in [5, 5.41) is 19.2. The van der Waals surface area contributed by atoms with E-state index >= 15 is 0 Å². The minimum absolute atomic E-state index is 0.0829. The summed E-state index contributed by atoms with van der Waals surface area (Å²) in [6.45, 7) is 0. The molecule has 1 heterocycles. The maximum Gasteiger partial charge on any atom is 0.198 e. The second kappa shape index (κ2) is 2.34. The number of phenols is 1. The summed E-state index contributed by atoms with van der Waals surface area (Å²) < 4.78 is 5.03. The zero-order chi connectivity index (χ0) is 9.87. The van der Waals surface area contributed by atoms with Crippen molar-refractivity contribution in [2.75, 3.05) is 0 Å². The van der Waals surface area contributed by atoms with Crippen LogP contribution in [0.3, 0.4) is 0 Å². The summed E-state index contributed by atoms with van der Waals surface area (Å²) in [4.78, 5) is 11.6.